The molecule has 0 spiro atoms. The normalized spacial score (nSPS) is 9.45. The second-order valence-corrected chi connectivity index (χ2v) is 2.62. The van der Waals surface area contributed by atoms with E-state index in [2.05, 4.69) is 11.3 Å². The van der Waals surface area contributed by atoms with Gasteiger partial charge in [-0.25, -0.2) is 4.79 Å². The Bertz CT molecular complexity index is 149. The van der Waals surface area contributed by atoms with E-state index < -0.39 is 5.97 Å². The van der Waals surface area contributed by atoms with Crippen LogP contribution in [0.25, 0.3) is 0 Å². The lowest BCUT2D eigenvalue weighted by molar-refractivity contribution is -0.143. The summed E-state index contributed by atoms with van der Waals surface area (Å²) in [6.07, 6.45) is 0. The van der Waals surface area contributed by atoms with Crippen molar-refractivity contribution in [2.75, 3.05) is 13.7 Å². The second kappa shape index (κ2) is 4.77. The van der Waals surface area contributed by atoms with E-state index in [0.717, 1.165) is 0 Å². The molecule has 0 N–H and O–H groups in total. The number of carbonyl (C=O) groups excluding carboxylic acids is 1. The van der Waals surface area contributed by atoms with Crippen molar-refractivity contribution in [3.63, 3.8) is 0 Å². The van der Waals surface area contributed by atoms with E-state index in [9.17, 15) is 4.79 Å². The molecule has 0 aliphatic rings. The second-order valence-electron chi connectivity index (χ2n) is 2.62. The van der Waals surface area contributed by atoms with Gasteiger partial charge in [0.25, 0.3) is 0 Å². The van der Waals surface area contributed by atoms with Crippen LogP contribution in [0, 0.1) is 5.92 Å². The topological polar surface area (TPSA) is 35.5 Å². The van der Waals surface area contributed by atoms with Crippen LogP contribution >= 0.6 is 0 Å². The number of ether oxygens (including phenoxy) is 2. The van der Waals surface area contributed by atoms with Crippen molar-refractivity contribution in [2.45, 2.75) is 13.8 Å². The van der Waals surface area contributed by atoms with Crippen LogP contribution in [-0.4, -0.2) is 19.7 Å². The molecule has 0 saturated carbocycles. The Morgan fingerprint density at radius 2 is 2.09 bits per heavy atom. The van der Waals surface area contributed by atoms with Gasteiger partial charge in [-0.05, 0) is 12.5 Å². The third-order valence-electron chi connectivity index (χ3n) is 1.02. The summed E-state index contributed by atoms with van der Waals surface area (Å²) in [5, 5.41) is 0. The van der Waals surface area contributed by atoms with Gasteiger partial charge >= 0.3 is 5.97 Å². The molecule has 3 heteroatoms. The van der Waals surface area contributed by atoms with Crippen LogP contribution in [0.15, 0.2) is 12.3 Å². The maximum Gasteiger partial charge on any atom is 0.372 e. The van der Waals surface area contributed by atoms with Crippen molar-refractivity contribution in [3.05, 3.63) is 12.3 Å². The van der Waals surface area contributed by atoms with Crippen LogP contribution in [0.2, 0.25) is 0 Å². The predicted molar refractivity (Wildman–Crippen MR) is 41.9 cm³/mol. The first-order valence-electron chi connectivity index (χ1n) is 3.48. The molecule has 0 radical (unpaired) electrons. The molecule has 0 rings (SSSR count). The SMILES string of the molecule is C=C(OC)C(=O)OCC(C)C. The molecule has 0 heterocycles. The van der Waals surface area contributed by atoms with E-state index in [-0.39, 0.29) is 5.76 Å². The van der Waals surface area contributed by atoms with Gasteiger partial charge in [0.05, 0.1) is 13.7 Å². The molecule has 3 nitrogen and oxygen atoms in total. The lowest BCUT2D eigenvalue weighted by Crippen LogP contribution is -2.12. The zero-order valence-electron chi connectivity index (χ0n) is 7.22. The molecule has 0 aliphatic heterocycles. The van der Waals surface area contributed by atoms with Gasteiger partial charge in [0, 0.05) is 0 Å². The van der Waals surface area contributed by atoms with Crippen molar-refractivity contribution < 1.29 is 14.3 Å². The number of esters is 1. The number of rotatable bonds is 4. The van der Waals surface area contributed by atoms with E-state index in [4.69, 9.17) is 4.74 Å². The van der Waals surface area contributed by atoms with Gasteiger partial charge in [-0.15, -0.1) is 0 Å². The minimum atomic E-state index is -0.485. The predicted octanol–water partition coefficient (Wildman–Crippen LogP) is 1.35. The molecule has 0 aromatic rings. The average Bonchev–Trinajstić information content (AvgIpc) is 1.98. The van der Waals surface area contributed by atoms with Crippen LogP contribution in [-0.2, 0) is 14.3 Å². The van der Waals surface area contributed by atoms with Crippen LogP contribution in [0.5, 0.6) is 0 Å². The zero-order valence-corrected chi connectivity index (χ0v) is 7.22. The van der Waals surface area contributed by atoms with Crippen molar-refractivity contribution in [1.82, 2.24) is 0 Å². The van der Waals surface area contributed by atoms with Gasteiger partial charge in [-0.2, -0.15) is 0 Å². The summed E-state index contributed by atoms with van der Waals surface area (Å²) in [6, 6.07) is 0. The quantitative estimate of drug-likeness (QED) is 0.352. The Morgan fingerprint density at radius 3 is 2.45 bits per heavy atom. The maximum absolute atomic E-state index is 10.8. The van der Waals surface area contributed by atoms with Gasteiger partial charge in [0.1, 0.15) is 0 Å². The lowest BCUT2D eigenvalue weighted by Gasteiger charge is -2.07. The lowest BCUT2D eigenvalue weighted by atomic mass is 10.2. The fourth-order valence-electron chi connectivity index (χ4n) is 0.406. The Hall–Kier alpha value is -0.990. The summed E-state index contributed by atoms with van der Waals surface area (Å²) in [5.41, 5.74) is 0. The maximum atomic E-state index is 10.8. The first-order chi connectivity index (χ1) is 5.07. The number of carbonyl (C=O) groups is 1. The summed E-state index contributed by atoms with van der Waals surface area (Å²) in [5.74, 6) is -0.101. The molecular weight excluding hydrogens is 144 g/mol. The Morgan fingerprint density at radius 1 is 1.55 bits per heavy atom. The molecule has 0 aromatic heterocycles. The molecule has 0 amide bonds. The standard InChI is InChI=1S/C8H14O3/c1-6(2)5-11-8(9)7(3)10-4/h6H,3,5H2,1-2,4H3. The molecule has 0 aromatic carbocycles. The van der Waals surface area contributed by atoms with E-state index >= 15 is 0 Å². The first kappa shape index (κ1) is 10.0. The zero-order chi connectivity index (χ0) is 8.85. The number of methoxy groups -OCH3 is 1. The Balaban J connectivity index is 3.61. The fraction of sp³-hybridized carbons (Fsp3) is 0.625. The number of hydrogen-bond acceptors (Lipinski definition) is 3. The molecule has 0 bridgehead atoms. The van der Waals surface area contributed by atoms with E-state index in [0.29, 0.717) is 12.5 Å². The van der Waals surface area contributed by atoms with E-state index in [1.165, 1.54) is 7.11 Å². The van der Waals surface area contributed by atoms with Gasteiger partial charge in [-0.1, -0.05) is 13.8 Å². The van der Waals surface area contributed by atoms with Crippen LogP contribution < -0.4 is 0 Å². The third-order valence-corrected chi connectivity index (χ3v) is 1.02. The summed E-state index contributed by atoms with van der Waals surface area (Å²) in [6.45, 7) is 7.68. The highest BCUT2D eigenvalue weighted by Crippen LogP contribution is 1.98. The van der Waals surface area contributed by atoms with E-state index in [1.807, 2.05) is 13.8 Å². The Kier molecular flexibility index (Phi) is 4.34. The van der Waals surface area contributed by atoms with E-state index in [1.54, 1.807) is 0 Å². The summed E-state index contributed by atoms with van der Waals surface area (Å²) in [4.78, 5) is 10.8. The van der Waals surface area contributed by atoms with Crippen molar-refractivity contribution in [2.24, 2.45) is 5.92 Å². The monoisotopic (exact) mass is 158 g/mol. The molecule has 64 valence electrons. The molecule has 0 saturated heterocycles. The molecule has 0 fully saturated rings. The van der Waals surface area contributed by atoms with Crippen LogP contribution in [0.3, 0.4) is 0 Å². The van der Waals surface area contributed by atoms with Gasteiger partial charge in [0.2, 0.25) is 0 Å². The summed E-state index contributed by atoms with van der Waals surface area (Å²) in [7, 11) is 1.39. The highest BCUT2D eigenvalue weighted by Gasteiger charge is 2.08. The van der Waals surface area contributed by atoms with Crippen molar-refractivity contribution in [3.8, 4) is 0 Å². The molecule has 11 heavy (non-hydrogen) atoms. The number of hydrogen-bond donors (Lipinski definition) is 0. The van der Waals surface area contributed by atoms with Crippen molar-refractivity contribution >= 4 is 5.97 Å². The largest absolute Gasteiger partial charge is 0.490 e. The first-order valence-corrected chi connectivity index (χ1v) is 3.48. The smallest absolute Gasteiger partial charge is 0.372 e. The van der Waals surface area contributed by atoms with Gasteiger partial charge in [0.15, 0.2) is 5.76 Å². The third kappa shape index (κ3) is 4.42. The molecular formula is C8H14O3. The van der Waals surface area contributed by atoms with Crippen LogP contribution in [0.4, 0.5) is 0 Å². The highest BCUT2D eigenvalue weighted by atomic mass is 16.6. The highest BCUT2D eigenvalue weighted by molar-refractivity contribution is 5.85. The minimum Gasteiger partial charge on any atom is -0.490 e. The van der Waals surface area contributed by atoms with Crippen molar-refractivity contribution in [1.29, 1.82) is 0 Å². The Labute approximate surface area is 67.0 Å². The van der Waals surface area contributed by atoms with Gasteiger partial charge < -0.3 is 9.47 Å². The summed E-state index contributed by atoms with van der Waals surface area (Å²) >= 11 is 0. The minimum absolute atomic E-state index is 0.0469. The molecule has 0 unspecified atom stereocenters. The summed E-state index contributed by atoms with van der Waals surface area (Å²) < 4.78 is 9.37. The van der Waals surface area contributed by atoms with Gasteiger partial charge in [-0.3, -0.25) is 0 Å². The fourth-order valence-corrected chi connectivity index (χ4v) is 0.406. The molecule has 0 aliphatic carbocycles. The van der Waals surface area contributed by atoms with Crippen LogP contribution in [0.1, 0.15) is 13.8 Å². The molecule has 0 atom stereocenters. The average molecular weight is 158 g/mol.